The van der Waals surface area contributed by atoms with Gasteiger partial charge in [-0.3, -0.25) is 4.79 Å². The average Bonchev–Trinajstić information content (AvgIpc) is 3.18. The van der Waals surface area contributed by atoms with Crippen molar-refractivity contribution in [2.24, 2.45) is 7.05 Å². The lowest BCUT2D eigenvalue weighted by Gasteiger charge is -2.27. The third-order valence-corrected chi connectivity index (χ3v) is 4.92. The number of halogens is 1. The van der Waals surface area contributed by atoms with E-state index in [0.717, 1.165) is 18.9 Å². The predicted molar refractivity (Wildman–Crippen MR) is 106 cm³/mol. The van der Waals surface area contributed by atoms with Gasteiger partial charge < -0.3 is 19.5 Å². The summed E-state index contributed by atoms with van der Waals surface area (Å²) in [5, 5.41) is 2.96. The molecule has 1 N–H and O–H groups in total. The van der Waals surface area contributed by atoms with Gasteiger partial charge in [0.25, 0.3) is 5.91 Å². The number of carbonyl (C=O) groups excluding carboxylic acids is 1. The second-order valence-corrected chi connectivity index (χ2v) is 6.86. The summed E-state index contributed by atoms with van der Waals surface area (Å²) in [5.41, 5.74) is 1.04. The number of aryl methyl sites for hydroxylation is 1. The smallest absolute Gasteiger partial charge is 0.253 e. The Balaban J connectivity index is 1.56. The Bertz CT molecular complexity index is 983. The van der Waals surface area contributed by atoms with Crippen LogP contribution < -0.4 is 10.2 Å². The highest BCUT2D eigenvalue weighted by Crippen LogP contribution is 2.22. The maximum atomic E-state index is 13.8. The van der Waals surface area contributed by atoms with Crippen LogP contribution in [-0.2, 0) is 11.8 Å². The van der Waals surface area contributed by atoms with Gasteiger partial charge in [0.1, 0.15) is 23.5 Å². The number of pyridine rings is 1. The molecular formula is C21H22FN5O2. The summed E-state index contributed by atoms with van der Waals surface area (Å²) in [6, 6.07) is 9.14. The molecule has 150 valence electrons. The number of benzene rings is 1. The molecule has 3 aromatic rings. The van der Waals surface area contributed by atoms with Gasteiger partial charge in [0, 0.05) is 38.7 Å². The molecule has 0 spiro atoms. The van der Waals surface area contributed by atoms with E-state index >= 15 is 0 Å². The summed E-state index contributed by atoms with van der Waals surface area (Å²) in [4.78, 5) is 23.8. The lowest BCUT2D eigenvalue weighted by molar-refractivity contribution is 0.0940. The number of morpholine rings is 1. The van der Waals surface area contributed by atoms with E-state index in [9.17, 15) is 9.18 Å². The van der Waals surface area contributed by atoms with E-state index in [1.807, 2.05) is 13.1 Å². The Labute approximate surface area is 168 Å². The van der Waals surface area contributed by atoms with Gasteiger partial charge in [-0.25, -0.2) is 14.4 Å². The van der Waals surface area contributed by atoms with Crippen molar-refractivity contribution in [2.75, 3.05) is 31.2 Å². The molecule has 7 nitrogen and oxygen atoms in total. The first kappa shape index (κ1) is 19.1. The molecule has 1 unspecified atom stereocenters. The molecule has 0 bridgehead atoms. The highest BCUT2D eigenvalue weighted by atomic mass is 19.1. The second-order valence-electron chi connectivity index (χ2n) is 6.86. The number of nitrogens with one attached hydrogen (secondary N) is 1. The van der Waals surface area contributed by atoms with Crippen LogP contribution in [0.2, 0.25) is 0 Å². The van der Waals surface area contributed by atoms with Crippen molar-refractivity contribution in [3.63, 3.8) is 0 Å². The number of hydrogen-bond donors (Lipinski definition) is 1. The number of hydrogen-bond acceptors (Lipinski definition) is 5. The van der Waals surface area contributed by atoms with Gasteiger partial charge in [0.15, 0.2) is 0 Å². The number of imidazole rings is 1. The van der Waals surface area contributed by atoms with Gasteiger partial charge in [0.2, 0.25) is 0 Å². The summed E-state index contributed by atoms with van der Waals surface area (Å²) in [6.45, 7) is 2.89. The normalized spacial score (nSPS) is 15.2. The zero-order chi connectivity index (χ0) is 20.2. The Hall–Kier alpha value is -3.26. The molecule has 2 aromatic heterocycles. The fourth-order valence-electron chi connectivity index (χ4n) is 3.35. The number of amides is 1. The van der Waals surface area contributed by atoms with Crippen molar-refractivity contribution in [3.05, 3.63) is 77.8 Å². The molecule has 0 saturated carbocycles. The molecule has 1 aliphatic rings. The predicted octanol–water partition coefficient (Wildman–Crippen LogP) is 2.31. The quantitative estimate of drug-likeness (QED) is 0.718. The van der Waals surface area contributed by atoms with E-state index in [0.29, 0.717) is 30.2 Å². The molecule has 1 amide bonds. The lowest BCUT2D eigenvalue weighted by Crippen LogP contribution is -2.36. The maximum Gasteiger partial charge on any atom is 0.253 e. The monoisotopic (exact) mass is 395 g/mol. The van der Waals surface area contributed by atoms with Crippen molar-refractivity contribution in [3.8, 4) is 0 Å². The van der Waals surface area contributed by atoms with Crippen molar-refractivity contribution >= 4 is 11.7 Å². The van der Waals surface area contributed by atoms with Gasteiger partial charge in [-0.1, -0.05) is 12.1 Å². The Kier molecular flexibility index (Phi) is 5.53. The first-order chi connectivity index (χ1) is 14.1. The van der Waals surface area contributed by atoms with Crippen LogP contribution in [0.1, 0.15) is 27.8 Å². The first-order valence-corrected chi connectivity index (χ1v) is 9.44. The van der Waals surface area contributed by atoms with Crippen LogP contribution in [0.15, 0.2) is 55.0 Å². The molecule has 1 atom stereocenters. The van der Waals surface area contributed by atoms with E-state index in [1.165, 1.54) is 12.1 Å². The molecule has 29 heavy (non-hydrogen) atoms. The van der Waals surface area contributed by atoms with Gasteiger partial charge in [-0.2, -0.15) is 0 Å². The van der Waals surface area contributed by atoms with Crippen molar-refractivity contribution in [2.45, 2.75) is 6.04 Å². The molecule has 3 heterocycles. The number of anilines is 1. The summed E-state index contributed by atoms with van der Waals surface area (Å²) < 4.78 is 20.9. The summed E-state index contributed by atoms with van der Waals surface area (Å²) >= 11 is 0. The van der Waals surface area contributed by atoms with Crippen molar-refractivity contribution in [1.82, 2.24) is 19.9 Å². The summed E-state index contributed by atoms with van der Waals surface area (Å²) in [5.74, 6) is 0.758. The summed E-state index contributed by atoms with van der Waals surface area (Å²) in [6.07, 6.45) is 4.99. The number of ether oxygens (including phenoxy) is 1. The fourth-order valence-corrected chi connectivity index (χ4v) is 3.35. The molecular weight excluding hydrogens is 373 g/mol. The van der Waals surface area contributed by atoms with E-state index in [1.54, 1.807) is 41.4 Å². The van der Waals surface area contributed by atoms with Crippen LogP contribution in [0.5, 0.6) is 0 Å². The highest BCUT2D eigenvalue weighted by Gasteiger charge is 2.22. The van der Waals surface area contributed by atoms with Gasteiger partial charge >= 0.3 is 0 Å². The Morgan fingerprint density at radius 1 is 1.21 bits per heavy atom. The van der Waals surface area contributed by atoms with Crippen LogP contribution in [0, 0.1) is 5.82 Å². The number of carbonyl (C=O) groups is 1. The molecule has 1 saturated heterocycles. The molecule has 8 heteroatoms. The highest BCUT2D eigenvalue weighted by molar-refractivity contribution is 5.94. The number of aromatic nitrogens is 3. The van der Waals surface area contributed by atoms with E-state index in [2.05, 4.69) is 20.2 Å². The first-order valence-electron chi connectivity index (χ1n) is 9.44. The molecule has 0 aliphatic carbocycles. The minimum absolute atomic E-state index is 0.303. The van der Waals surface area contributed by atoms with Crippen LogP contribution in [-0.4, -0.2) is 46.7 Å². The zero-order valence-corrected chi connectivity index (χ0v) is 16.1. The van der Waals surface area contributed by atoms with E-state index < -0.39 is 6.04 Å². The van der Waals surface area contributed by atoms with Crippen molar-refractivity contribution < 1.29 is 13.9 Å². The third kappa shape index (κ3) is 4.27. The fraction of sp³-hybridized carbons (Fsp3) is 0.286. The topological polar surface area (TPSA) is 72.3 Å². The lowest BCUT2D eigenvalue weighted by atomic mass is 10.1. The molecule has 0 radical (unpaired) electrons. The minimum Gasteiger partial charge on any atom is -0.378 e. The zero-order valence-electron chi connectivity index (χ0n) is 16.1. The maximum absolute atomic E-state index is 13.8. The minimum atomic E-state index is -0.586. The number of rotatable bonds is 5. The Morgan fingerprint density at radius 3 is 2.69 bits per heavy atom. The SMILES string of the molecule is Cn1ccnc1C(NC(=O)c1ccc(N2CCOCC2)nc1)c1cccc(F)c1. The van der Waals surface area contributed by atoms with Crippen molar-refractivity contribution in [1.29, 1.82) is 0 Å². The van der Waals surface area contributed by atoms with Gasteiger partial charge in [0.05, 0.1) is 18.8 Å². The van der Waals surface area contributed by atoms with Crippen LogP contribution in [0.25, 0.3) is 0 Å². The standard InChI is InChI=1S/C21H22FN5O2/c1-26-8-7-23-20(26)19(15-3-2-4-17(22)13-15)25-21(28)16-5-6-18(24-14-16)27-9-11-29-12-10-27/h2-8,13-14,19H,9-12H2,1H3,(H,25,28). The van der Waals surface area contributed by atoms with E-state index in [-0.39, 0.29) is 11.7 Å². The second kappa shape index (κ2) is 8.40. The van der Waals surface area contributed by atoms with Crippen LogP contribution in [0.3, 0.4) is 0 Å². The summed E-state index contributed by atoms with van der Waals surface area (Å²) in [7, 11) is 1.83. The molecule has 1 fully saturated rings. The molecule has 1 aliphatic heterocycles. The van der Waals surface area contributed by atoms with E-state index in [4.69, 9.17) is 4.74 Å². The Morgan fingerprint density at radius 2 is 2.03 bits per heavy atom. The molecule has 4 rings (SSSR count). The van der Waals surface area contributed by atoms with Gasteiger partial charge in [-0.05, 0) is 29.8 Å². The van der Waals surface area contributed by atoms with Crippen LogP contribution in [0.4, 0.5) is 10.2 Å². The largest absolute Gasteiger partial charge is 0.378 e. The van der Waals surface area contributed by atoms with Crippen LogP contribution >= 0.6 is 0 Å². The average molecular weight is 395 g/mol. The van der Waals surface area contributed by atoms with Gasteiger partial charge in [-0.15, -0.1) is 0 Å². The third-order valence-electron chi connectivity index (χ3n) is 4.92. The number of nitrogens with zero attached hydrogens (tertiary/aromatic N) is 4. The molecule has 1 aromatic carbocycles.